The Labute approximate surface area is 679 Å². The average molecular weight is 1760 g/mol. The summed E-state index contributed by atoms with van der Waals surface area (Å²) in [5.41, 5.74) is -1.56. The molecule has 3 fully saturated rings. The van der Waals surface area contributed by atoms with Crippen LogP contribution in [0.3, 0.4) is 0 Å². The molecule has 20 atom stereocenters. The van der Waals surface area contributed by atoms with Crippen molar-refractivity contribution in [1.29, 1.82) is 0 Å². The number of rotatable bonds is 69. The van der Waals surface area contributed by atoms with Gasteiger partial charge in [0.1, 0.15) is 48.8 Å². The normalized spacial score (nSPS) is 26.8. The summed E-state index contributed by atoms with van der Waals surface area (Å²) in [5.74, 6) is -1.14. The number of hydrogen-bond donors (Lipinski definition) is 11. The van der Waals surface area contributed by atoms with E-state index in [2.05, 4.69) is 26.1 Å². The molecule has 40 nitrogen and oxygen atoms in total. The number of carbonyl (C=O) groups excluding carboxylic acids is 1. The Morgan fingerprint density at radius 3 is 0.983 bits per heavy atom. The van der Waals surface area contributed by atoms with Crippen LogP contribution in [-0.4, -0.2) is 316 Å². The number of nitrogens with one attached hydrogen (secondary N) is 1. The first kappa shape index (κ1) is 112. The second-order valence-electron chi connectivity index (χ2n) is 28.7. The molecule has 11 N–H and O–H groups in total. The standard InChI is InChI=1S/C65H129NO39P4.C4H10.C2H6/c1-48-56(72)58(74)52(39-68)103-62(48)92-28-11-5-8-14-31-95-106(78,79)98-35-19-25-89-44-65(47-102-109(84,85)101-34-18-24-88-43-51(38-67)42-87-23-17-22-86-4,45-90-26-20-36-99-107(80,81)96-32-15-9-6-12-29-93-63-49(2)57(73)59(75)53(40-69)104-63)46-91-27-21-37-100-108(82,83)97-33-16-10-7-13-30-94-64-55(66-50(3)71)61(77)60(76)54(41-70)105-64;1-4(2)3;1-2/h48-49,51-64,67-70,72-77H,5-47H2,1-4H3,(H,66,71)(H,78,79)(H,80,81)(H,82,83)(H,84,85);4H,1-3H3;1-2H3/p-4/t48?,49?,51?,52?,53?,54?,55?,56-,57-,58+,59+,60+,61-,62-,63-,64-,65?;;/m1../s1. The Morgan fingerprint density at radius 2 is 0.670 bits per heavy atom. The van der Waals surface area contributed by atoms with E-state index in [0.717, 1.165) is 5.92 Å². The zero-order chi connectivity index (χ0) is 86.1. The molecule has 3 aliphatic rings. The molecule has 0 aromatic rings. The number of methoxy groups -OCH3 is 1. The molecule has 3 rings (SSSR count). The number of phosphoric acid groups is 4. The van der Waals surface area contributed by atoms with Crippen molar-refractivity contribution in [2.45, 2.75) is 244 Å². The van der Waals surface area contributed by atoms with Crippen molar-refractivity contribution in [1.82, 2.24) is 5.32 Å². The van der Waals surface area contributed by atoms with Crippen molar-refractivity contribution in [3.63, 3.8) is 0 Å². The number of amides is 1. The quantitative estimate of drug-likeness (QED) is 0.0305. The third-order valence-corrected chi connectivity index (χ3v) is 21.4. The molecule has 0 aliphatic carbocycles. The maximum absolute atomic E-state index is 13.4. The highest BCUT2D eigenvalue weighted by Crippen LogP contribution is 2.43. The highest BCUT2D eigenvalue weighted by atomic mass is 31.2. The van der Waals surface area contributed by atoms with Crippen molar-refractivity contribution >= 4 is 37.2 Å². The monoisotopic (exact) mass is 1760 g/mol. The molecule has 115 heavy (non-hydrogen) atoms. The Morgan fingerprint density at radius 1 is 0.391 bits per heavy atom. The lowest BCUT2D eigenvalue weighted by Gasteiger charge is -2.42. The zero-order valence-electron chi connectivity index (χ0n) is 68.8. The van der Waals surface area contributed by atoms with Crippen LogP contribution in [-0.2, 0) is 116 Å². The Hall–Kier alpha value is -0.970. The van der Waals surface area contributed by atoms with Gasteiger partial charge in [0.2, 0.25) is 5.91 Å². The van der Waals surface area contributed by atoms with Crippen molar-refractivity contribution < 1.29 is 187 Å². The minimum Gasteiger partial charge on any atom is -0.756 e. The van der Waals surface area contributed by atoms with Crippen LogP contribution >= 0.6 is 31.3 Å². The fraction of sp³-hybridized carbons (Fsp3) is 0.986. The molecule has 1 amide bonds. The number of carbonyl (C=O) groups is 1. The summed E-state index contributed by atoms with van der Waals surface area (Å²) in [7, 11) is -18.0. The van der Waals surface area contributed by atoms with Gasteiger partial charge in [0.15, 0.2) is 18.9 Å². The van der Waals surface area contributed by atoms with Crippen LogP contribution < -0.4 is 24.9 Å². The largest absolute Gasteiger partial charge is 0.756 e. The van der Waals surface area contributed by atoms with Gasteiger partial charge in [-0.05, 0) is 76.5 Å². The molecular weight excluding hydrogens is 1610 g/mol. The van der Waals surface area contributed by atoms with Crippen LogP contribution in [0.1, 0.15) is 165 Å². The first-order valence-electron chi connectivity index (χ1n) is 40.1. The molecule has 0 saturated carbocycles. The van der Waals surface area contributed by atoms with Gasteiger partial charge >= 0.3 is 0 Å². The Kier molecular flexibility index (Phi) is 63.9. The minimum absolute atomic E-state index is 0.0367. The third-order valence-electron chi connectivity index (χ3n) is 17.4. The molecule has 0 bridgehead atoms. The third kappa shape index (κ3) is 51.8. The maximum Gasteiger partial charge on any atom is 0.267 e. The lowest BCUT2D eigenvalue weighted by molar-refractivity contribution is -0.282. The van der Waals surface area contributed by atoms with Crippen LogP contribution in [0.5, 0.6) is 0 Å². The first-order valence-corrected chi connectivity index (χ1v) is 46.0. The number of hydrogen-bond acceptors (Lipinski definition) is 39. The molecule has 0 aromatic heterocycles. The second kappa shape index (κ2) is 65.6. The SMILES string of the molecule is CC.CC(C)C.COCCCOCC(CO)COCCCOP(=O)([O-])OCC(COCCCOP(=O)([O-])OCCCCCCO[C@@H]1OC(CO)[C@H](O)[C@H](O)C1C)(COCCCOP(=O)([O-])OCCCCCCO[C@@H]1OC(CO)[C@H](O)[C@H](O)C1C)COCCCOP(=O)([O-])OCCCCCCO[C@@H]1OC(CO)[C@H](O)[C@H](O)C1NC(C)=O. The van der Waals surface area contributed by atoms with E-state index < -0.39 is 200 Å². The van der Waals surface area contributed by atoms with Crippen molar-refractivity contribution in [2.24, 2.45) is 29.1 Å². The van der Waals surface area contributed by atoms with Gasteiger partial charge in [0.05, 0.1) is 130 Å². The van der Waals surface area contributed by atoms with E-state index in [9.17, 15) is 93.7 Å². The van der Waals surface area contributed by atoms with Gasteiger partial charge < -0.3 is 169 Å². The Bertz CT molecular complexity index is 2480. The predicted octanol–water partition coefficient (Wildman–Crippen LogP) is 1.78. The van der Waals surface area contributed by atoms with E-state index in [-0.39, 0.29) is 131 Å². The maximum atomic E-state index is 13.4. The molecule has 0 aromatic carbocycles. The van der Waals surface area contributed by atoms with Gasteiger partial charge in [-0.25, -0.2) is 0 Å². The molecular formula is C71H141NO39P4-4. The number of unbranched alkanes of at least 4 members (excludes halogenated alkanes) is 9. The van der Waals surface area contributed by atoms with Crippen LogP contribution in [0.2, 0.25) is 0 Å². The van der Waals surface area contributed by atoms with Gasteiger partial charge in [-0.15, -0.1) is 0 Å². The number of aliphatic hydroxyl groups is 10. The van der Waals surface area contributed by atoms with Crippen LogP contribution in [0.25, 0.3) is 0 Å². The summed E-state index contributed by atoms with van der Waals surface area (Å²) in [6.07, 6.45) is -7.34. The number of aliphatic hydroxyl groups excluding tert-OH is 10. The van der Waals surface area contributed by atoms with Gasteiger partial charge in [0.25, 0.3) is 31.3 Å². The number of phosphoric ester groups is 4. The van der Waals surface area contributed by atoms with E-state index in [1.165, 1.54) is 6.92 Å². The van der Waals surface area contributed by atoms with E-state index >= 15 is 0 Å². The smallest absolute Gasteiger partial charge is 0.267 e. The topological polar surface area (TPSA) is 577 Å². The molecule has 3 saturated heterocycles. The highest BCUT2D eigenvalue weighted by molar-refractivity contribution is 7.46. The van der Waals surface area contributed by atoms with Gasteiger partial charge in [-0.2, -0.15) is 0 Å². The molecule has 0 radical (unpaired) electrons. The molecule has 11 unspecified atom stereocenters. The Balaban J connectivity index is 0.0000107. The van der Waals surface area contributed by atoms with Gasteiger partial charge in [-0.1, -0.05) is 87.0 Å². The fourth-order valence-corrected chi connectivity index (χ4v) is 14.2. The van der Waals surface area contributed by atoms with E-state index in [0.29, 0.717) is 90.3 Å². The predicted molar refractivity (Wildman–Crippen MR) is 404 cm³/mol. The van der Waals surface area contributed by atoms with E-state index in [1.807, 2.05) is 13.8 Å². The lowest BCUT2D eigenvalue weighted by Crippen LogP contribution is -2.64. The summed E-state index contributed by atoms with van der Waals surface area (Å²) in [6, 6.07) is -1.11. The summed E-state index contributed by atoms with van der Waals surface area (Å²) in [5, 5.41) is 102. The number of ether oxygens (including phenoxy) is 12. The molecule has 0 spiro atoms. The molecule has 44 heteroatoms. The van der Waals surface area contributed by atoms with Gasteiger partial charge in [0, 0.05) is 91.2 Å². The molecule has 688 valence electrons. The van der Waals surface area contributed by atoms with Crippen molar-refractivity contribution in [3.05, 3.63) is 0 Å². The molecule has 3 aliphatic heterocycles. The van der Waals surface area contributed by atoms with Crippen molar-refractivity contribution in [3.8, 4) is 0 Å². The van der Waals surface area contributed by atoms with Crippen LogP contribution in [0.15, 0.2) is 0 Å². The fourth-order valence-electron chi connectivity index (χ4n) is 11.0. The summed E-state index contributed by atoms with van der Waals surface area (Å²) >= 11 is 0. The van der Waals surface area contributed by atoms with Crippen molar-refractivity contribution in [2.75, 3.05) is 179 Å². The second-order valence-corrected chi connectivity index (χ2v) is 34.3. The summed E-state index contributed by atoms with van der Waals surface area (Å²) in [6.45, 7) is 10.2. The summed E-state index contributed by atoms with van der Waals surface area (Å²) < 4.78 is 160. The van der Waals surface area contributed by atoms with Gasteiger partial charge in [-0.3, -0.25) is 23.1 Å². The summed E-state index contributed by atoms with van der Waals surface area (Å²) in [4.78, 5) is 63.2. The lowest BCUT2D eigenvalue weighted by atomic mass is 9.92. The van der Waals surface area contributed by atoms with Crippen LogP contribution in [0, 0.1) is 29.1 Å². The average Bonchev–Trinajstić information content (AvgIpc) is 0.824. The zero-order valence-corrected chi connectivity index (χ0v) is 72.4. The highest BCUT2D eigenvalue weighted by Gasteiger charge is 2.46. The minimum atomic E-state index is -5.15. The van der Waals surface area contributed by atoms with Crippen LogP contribution in [0.4, 0.5) is 0 Å². The first-order chi connectivity index (χ1) is 54.7. The van der Waals surface area contributed by atoms with E-state index in [4.69, 9.17) is 93.0 Å². The molecule has 3 heterocycles. The van der Waals surface area contributed by atoms with E-state index in [1.54, 1.807) is 21.0 Å².